The summed E-state index contributed by atoms with van der Waals surface area (Å²) in [5.74, 6) is 1.62. The van der Waals surface area contributed by atoms with Crippen molar-refractivity contribution in [2.75, 3.05) is 13.1 Å². The average Bonchev–Trinajstić information content (AvgIpc) is 3.09. The van der Waals surface area contributed by atoms with E-state index in [0.29, 0.717) is 6.54 Å². The third kappa shape index (κ3) is 5.09. The molecule has 2 N–H and O–H groups in total. The summed E-state index contributed by atoms with van der Waals surface area (Å²) in [6, 6.07) is 14.8. The maximum Gasteiger partial charge on any atom is 0.191 e. The Labute approximate surface area is 167 Å². The summed E-state index contributed by atoms with van der Waals surface area (Å²) in [6.07, 6.45) is 2.91. The molecule has 0 fully saturated rings. The summed E-state index contributed by atoms with van der Waals surface area (Å²) >= 11 is 0. The highest BCUT2D eigenvalue weighted by molar-refractivity contribution is 5.79. The molecule has 0 amide bonds. The van der Waals surface area contributed by atoms with E-state index in [-0.39, 0.29) is 5.41 Å². The second-order valence-electron chi connectivity index (χ2n) is 7.86. The Kier molecular flexibility index (Phi) is 6.29. The van der Waals surface area contributed by atoms with Gasteiger partial charge < -0.3 is 10.6 Å². The van der Waals surface area contributed by atoms with E-state index >= 15 is 0 Å². The molecule has 6 nitrogen and oxygen atoms in total. The molecule has 3 aromatic rings. The molecule has 148 valence electrons. The number of rotatable bonds is 6. The number of fused-ring (bicyclic) bond motifs is 1. The summed E-state index contributed by atoms with van der Waals surface area (Å²) in [5, 5.41) is 15.1. The van der Waals surface area contributed by atoms with E-state index < -0.39 is 0 Å². The van der Waals surface area contributed by atoms with Crippen LogP contribution in [0.2, 0.25) is 0 Å². The monoisotopic (exact) mass is 378 g/mol. The highest BCUT2D eigenvalue weighted by Gasteiger charge is 2.12. The smallest absolute Gasteiger partial charge is 0.191 e. The van der Waals surface area contributed by atoms with Gasteiger partial charge in [-0.25, -0.2) is 4.99 Å². The molecule has 2 heterocycles. The fourth-order valence-electron chi connectivity index (χ4n) is 2.99. The minimum absolute atomic E-state index is 0.188. The topological polar surface area (TPSA) is 66.6 Å². The lowest BCUT2D eigenvalue weighted by atomic mass is 9.86. The molecule has 28 heavy (non-hydrogen) atoms. The van der Waals surface area contributed by atoms with Gasteiger partial charge in [0.05, 0.1) is 0 Å². The number of aromatic nitrogens is 3. The molecule has 1 aromatic carbocycles. The Balaban J connectivity index is 1.58. The molecule has 0 spiro atoms. The molecule has 0 saturated heterocycles. The first kappa shape index (κ1) is 19.9. The first-order chi connectivity index (χ1) is 13.5. The van der Waals surface area contributed by atoms with Crippen LogP contribution in [0, 0.1) is 0 Å². The fraction of sp³-hybridized carbons (Fsp3) is 0.409. The zero-order valence-corrected chi connectivity index (χ0v) is 17.2. The van der Waals surface area contributed by atoms with Crippen LogP contribution in [0.25, 0.3) is 5.65 Å². The van der Waals surface area contributed by atoms with Crippen LogP contribution in [-0.2, 0) is 18.4 Å². The third-order valence-electron chi connectivity index (χ3n) is 4.63. The van der Waals surface area contributed by atoms with E-state index in [4.69, 9.17) is 0 Å². The Hall–Kier alpha value is -2.89. The molecule has 0 aliphatic carbocycles. The molecule has 0 radical (unpaired) electrons. The molecule has 0 aliphatic heterocycles. The van der Waals surface area contributed by atoms with Crippen molar-refractivity contribution < 1.29 is 0 Å². The number of nitrogens with one attached hydrogen (secondary N) is 2. The number of aliphatic imine (C=N–C) groups is 1. The Bertz CT molecular complexity index is 918. The van der Waals surface area contributed by atoms with Gasteiger partial charge in [-0.15, -0.1) is 10.2 Å². The zero-order chi connectivity index (χ0) is 20.0. The van der Waals surface area contributed by atoms with E-state index in [1.54, 1.807) is 0 Å². The molecule has 0 bridgehead atoms. The highest BCUT2D eigenvalue weighted by atomic mass is 15.3. The number of hydrogen-bond acceptors (Lipinski definition) is 3. The van der Waals surface area contributed by atoms with Gasteiger partial charge in [0.1, 0.15) is 6.54 Å². The van der Waals surface area contributed by atoms with E-state index in [1.807, 2.05) is 28.8 Å². The Morgan fingerprint density at radius 2 is 1.82 bits per heavy atom. The average molecular weight is 379 g/mol. The molecule has 0 aliphatic rings. The second-order valence-corrected chi connectivity index (χ2v) is 7.86. The second kappa shape index (κ2) is 8.87. The maximum atomic E-state index is 4.65. The Morgan fingerprint density at radius 1 is 1.04 bits per heavy atom. The minimum atomic E-state index is 0.188. The highest BCUT2D eigenvalue weighted by Crippen LogP contribution is 2.22. The number of pyridine rings is 1. The number of guanidine groups is 1. The van der Waals surface area contributed by atoms with Crippen LogP contribution in [0.15, 0.2) is 53.7 Å². The van der Waals surface area contributed by atoms with Gasteiger partial charge in [-0.3, -0.25) is 4.40 Å². The van der Waals surface area contributed by atoms with Crippen molar-refractivity contribution in [2.24, 2.45) is 4.99 Å². The van der Waals surface area contributed by atoms with Crippen LogP contribution in [0.5, 0.6) is 0 Å². The largest absolute Gasteiger partial charge is 0.357 e. The SMILES string of the molecule is CCNC(=NCc1nnc2ccccn12)NCCc1ccc(C(C)(C)C)cc1. The van der Waals surface area contributed by atoms with Crippen LogP contribution in [0.3, 0.4) is 0 Å². The van der Waals surface area contributed by atoms with E-state index in [1.165, 1.54) is 11.1 Å². The number of benzene rings is 1. The minimum Gasteiger partial charge on any atom is -0.357 e. The quantitative estimate of drug-likeness (QED) is 0.510. The van der Waals surface area contributed by atoms with E-state index in [0.717, 1.165) is 36.9 Å². The molecule has 6 heteroatoms. The van der Waals surface area contributed by atoms with Crippen LogP contribution < -0.4 is 10.6 Å². The molecule has 0 saturated carbocycles. The van der Waals surface area contributed by atoms with Gasteiger partial charge in [0.15, 0.2) is 17.4 Å². The van der Waals surface area contributed by atoms with Crippen molar-refractivity contribution in [3.63, 3.8) is 0 Å². The lowest BCUT2D eigenvalue weighted by molar-refractivity contribution is 0.590. The van der Waals surface area contributed by atoms with E-state index in [9.17, 15) is 0 Å². The van der Waals surface area contributed by atoms with E-state index in [2.05, 4.69) is 77.8 Å². The lowest BCUT2D eigenvalue weighted by Crippen LogP contribution is -2.38. The normalized spacial score (nSPS) is 12.4. The maximum absolute atomic E-state index is 4.65. The third-order valence-corrected chi connectivity index (χ3v) is 4.63. The zero-order valence-electron chi connectivity index (χ0n) is 17.2. The summed E-state index contributed by atoms with van der Waals surface area (Å²) in [7, 11) is 0. The molecular formula is C22H30N6. The molecular weight excluding hydrogens is 348 g/mol. The van der Waals surface area contributed by atoms with Gasteiger partial charge in [-0.1, -0.05) is 51.1 Å². The van der Waals surface area contributed by atoms with Crippen molar-refractivity contribution in [3.8, 4) is 0 Å². The van der Waals surface area contributed by atoms with Crippen LogP contribution in [0.4, 0.5) is 0 Å². The van der Waals surface area contributed by atoms with Crippen molar-refractivity contribution >= 4 is 11.6 Å². The first-order valence-electron chi connectivity index (χ1n) is 9.87. The van der Waals surface area contributed by atoms with Gasteiger partial charge >= 0.3 is 0 Å². The van der Waals surface area contributed by atoms with Gasteiger partial charge in [-0.05, 0) is 42.0 Å². The predicted octanol–water partition coefficient (Wildman–Crippen LogP) is 3.32. The van der Waals surface area contributed by atoms with Crippen molar-refractivity contribution in [3.05, 3.63) is 65.6 Å². The number of nitrogens with zero attached hydrogens (tertiary/aromatic N) is 4. The molecule has 3 rings (SSSR count). The van der Waals surface area contributed by atoms with Crippen LogP contribution in [0.1, 0.15) is 44.6 Å². The molecule has 0 atom stereocenters. The van der Waals surface area contributed by atoms with Crippen molar-refractivity contribution in [2.45, 2.75) is 46.1 Å². The van der Waals surface area contributed by atoms with Gasteiger partial charge in [0, 0.05) is 19.3 Å². The van der Waals surface area contributed by atoms with Crippen molar-refractivity contribution in [1.29, 1.82) is 0 Å². The summed E-state index contributed by atoms with van der Waals surface area (Å²) in [4.78, 5) is 4.65. The summed E-state index contributed by atoms with van der Waals surface area (Å²) in [5.41, 5.74) is 3.71. The van der Waals surface area contributed by atoms with Crippen molar-refractivity contribution in [1.82, 2.24) is 25.2 Å². The standard InChI is InChI=1S/C22H30N6/c1-5-23-21(25-16-20-27-26-19-8-6-7-15-28(19)20)24-14-13-17-9-11-18(12-10-17)22(2,3)4/h6-12,15H,5,13-14,16H2,1-4H3,(H2,23,24,25). The lowest BCUT2D eigenvalue weighted by Gasteiger charge is -2.19. The molecule has 0 unspecified atom stereocenters. The van der Waals surface area contributed by atoms with Crippen LogP contribution in [-0.4, -0.2) is 33.6 Å². The predicted molar refractivity (Wildman–Crippen MR) is 115 cm³/mol. The molecule has 2 aromatic heterocycles. The number of hydrogen-bond donors (Lipinski definition) is 2. The summed E-state index contributed by atoms with van der Waals surface area (Å²) in [6.45, 7) is 10.9. The Morgan fingerprint density at radius 3 is 2.54 bits per heavy atom. The fourth-order valence-corrected chi connectivity index (χ4v) is 2.99. The van der Waals surface area contributed by atoms with Gasteiger partial charge in [0.25, 0.3) is 0 Å². The summed E-state index contributed by atoms with van der Waals surface area (Å²) < 4.78 is 1.96. The van der Waals surface area contributed by atoms with Crippen LogP contribution >= 0.6 is 0 Å². The first-order valence-corrected chi connectivity index (χ1v) is 9.87. The van der Waals surface area contributed by atoms with Gasteiger partial charge in [0.2, 0.25) is 0 Å². The van der Waals surface area contributed by atoms with Gasteiger partial charge in [-0.2, -0.15) is 0 Å².